The van der Waals surface area contributed by atoms with E-state index in [1.54, 1.807) is 55.3 Å². The Hall–Kier alpha value is -6.21. The predicted molar refractivity (Wildman–Crippen MR) is 252 cm³/mol. The van der Waals surface area contributed by atoms with Crippen LogP contribution in [0.25, 0.3) is 11.1 Å². The average Bonchev–Trinajstić information content (AvgIpc) is 3.92. The second-order valence-corrected chi connectivity index (χ2v) is 21.1. The number of halogens is 3. The summed E-state index contributed by atoms with van der Waals surface area (Å²) in [5.41, 5.74) is 6.21. The number of amidine groups is 1. The number of nitrogens with one attached hydrogen (secondary N) is 1. The number of hydrogen-bond donors (Lipinski definition) is 1. The van der Waals surface area contributed by atoms with Gasteiger partial charge in [-0.3, -0.25) is 14.3 Å². The van der Waals surface area contributed by atoms with Crippen molar-refractivity contribution in [1.29, 1.82) is 5.26 Å². The molecule has 2 aromatic carbocycles. The van der Waals surface area contributed by atoms with Crippen LogP contribution in [0.15, 0.2) is 71.5 Å². The molecule has 14 nitrogen and oxygen atoms in total. The fourth-order valence-corrected chi connectivity index (χ4v) is 12.4. The lowest BCUT2D eigenvalue weighted by Crippen LogP contribution is -2.74. The summed E-state index contributed by atoms with van der Waals surface area (Å²) in [5, 5.41) is 22.3. The average molecular weight is 947 g/mol. The Morgan fingerprint density at radius 1 is 0.985 bits per heavy atom. The van der Waals surface area contributed by atoms with Gasteiger partial charge in [0.05, 0.1) is 40.9 Å². The first-order valence-electron chi connectivity index (χ1n) is 23.5. The molecule has 5 heterocycles. The third-order valence-electron chi connectivity index (χ3n) is 15.5. The number of anilines is 1. The largest absolute Gasteiger partial charge is 0.489 e. The van der Waals surface area contributed by atoms with Crippen LogP contribution in [0, 0.1) is 27.6 Å². The van der Waals surface area contributed by atoms with Crippen LogP contribution in [-0.4, -0.2) is 90.6 Å². The van der Waals surface area contributed by atoms with Crippen molar-refractivity contribution in [3.8, 4) is 29.0 Å². The van der Waals surface area contributed by atoms with Crippen LogP contribution in [0.4, 0.5) is 14.5 Å². The maximum absolute atomic E-state index is 14.8. The van der Waals surface area contributed by atoms with Crippen molar-refractivity contribution >= 4 is 40.6 Å². The Morgan fingerprint density at radius 2 is 1.72 bits per heavy atom. The lowest BCUT2D eigenvalue weighted by molar-refractivity contribution is -0.485. The van der Waals surface area contributed by atoms with E-state index in [1.807, 2.05) is 11.0 Å². The van der Waals surface area contributed by atoms with Gasteiger partial charge >= 0.3 is 6.01 Å². The quantitative estimate of drug-likeness (QED) is 0.171. The summed E-state index contributed by atoms with van der Waals surface area (Å²) >= 11 is 6.26. The van der Waals surface area contributed by atoms with Crippen molar-refractivity contribution in [2.45, 2.75) is 117 Å². The molecular weight excluding hydrogens is 890 g/mol. The van der Waals surface area contributed by atoms with Crippen LogP contribution in [0.5, 0.6) is 11.8 Å². The molecule has 6 aliphatic rings. The lowest BCUT2D eigenvalue weighted by atomic mass is 9.49. The van der Waals surface area contributed by atoms with Crippen LogP contribution in [0.2, 0.25) is 5.02 Å². The number of amides is 2. The molecule has 0 bridgehead atoms. The van der Waals surface area contributed by atoms with E-state index < -0.39 is 17.3 Å². The molecule has 68 heavy (non-hydrogen) atoms. The van der Waals surface area contributed by atoms with Crippen molar-refractivity contribution in [3.63, 3.8) is 0 Å². The Labute approximate surface area is 399 Å². The highest BCUT2D eigenvalue weighted by Gasteiger charge is 2.64. The summed E-state index contributed by atoms with van der Waals surface area (Å²) < 4.78 is 45.9. The minimum atomic E-state index is -2.67. The monoisotopic (exact) mass is 945 g/mol. The van der Waals surface area contributed by atoms with Crippen molar-refractivity contribution in [3.05, 3.63) is 93.7 Å². The molecule has 2 aromatic heterocycles. The van der Waals surface area contributed by atoms with Crippen molar-refractivity contribution in [1.82, 2.24) is 30.0 Å². The summed E-state index contributed by atoms with van der Waals surface area (Å²) in [4.78, 5) is 39.0. The van der Waals surface area contributed by atoms with E-state index in [-0.39, 0.29) is 47.1 Å². The molecule has 0 atom stereocenters. The number of hydrogen-bond acceptors (Lipinski definition) is 10. The number of carbonyl (C=O) groups excluding carboxylic acids is 2. The van der Waals surface area contributed by atoms with Crippen LogP contribution in [0.3, 0.4) is 0 Å². The van der Waals surface area contributed by atoms with Gasteiger partial charge in [-0.2, -0.15) is 10.4 Å². The SMILES string of the molecule is CC(=O)N1CCC2=C(C1)C(N1CCCc3cc(-c4cnn(C)c4)c(C(F)F)cc31)=N[N+]2=C1CCC2(CC1)CC(Oc1ncc(C(=O)NC3C(C)(C)C(Oc4ccc(C#N)c(Cl)c4)C3(C)C)cn1)C2. The Kier molecular flexibility index (Phi) is 11.4. The molecule has 10 rings (SSSR count). The van der Waals surface area contributed by atoms with Crippen LogP contribution in [0.1, 0.15) is 119 Å². The highest BCUT2D eigenvalue weighted by Crippen LogP contribution is 2.56. The van der Waals surface area contributed by atoms with Gasteiger partial charge < -0.3 is 24.6 Å². The van der Waals surface area contributed by atoms with E-state index in [0.717, 1.165) is 79.7 Å². The number of aromatic nitrogens is 4. The Balaban J connectivity index is 0.787. The minimum absolute atomic E-state index is 0.00200. The third kappa shape index (κ3) is 7.99. The number of alkyl halides is 2. The zero-order valence-electron chi connectivity index (χ0n) is 39.3. The predicted octanol–water partition coefficient (Wildman–Crippen LogP) is 8.79. The number of carbonyl (C=O) groups is 2. The van der Waals surface area contributed by atoms with Crippen molar-refractivity contribution < 1.29 is 32.5 Å². The van der Waals surface area contributed by atoms with Gasteiger partial charge in [0.2, 0.25) is 17.4 Å². The van der Waals surface area contributed by atoms with E-state index in [0.29, 0.717) is 59.1 Å². The maximum Gasteiger partial charge on any atom is 0.316 e. The molecule has 1 spiro atoms. The van der Waals surface area contributed by atoms with Gasteiger partial charge in [-0.1, -0.05) is 44.0 Å². The molecule has 17 heteroatoms. The standard InChI is InChI=1S/C51H55ClF2N10O4/c1-29(65)62-17-13-41-39(28-62)44(63-16-7-8-30-18-37(33-26-58-61(6)27-33)38(43(53)54)20-42(30)63)60-64(41)34-11-14-51(15-12-34)21-36(22-51)68-48-56-24-32(25-57-48)45(66)59-46-49(2,3)47(50(46,4)5)67-35-10-9-31(23-55)40(52)19-35/h9-10,18-20,24-27,36,43,46-47H,7-8,11-17,21-22,28H2,1-6H3/p+1. The zero-order chi connectivity index (χ0) is 47.9. The molecule has 0 saturated heterocycles. The highest BCUT2D eigenvalue weighted by atomic mass is 35.5. The Morgan fingerprint density at radius 3 is 2.37 bits per heavy atom. The van der Waals surface area contributed by atoms with Crippen molar-refractivity contribution in [2.75, 3.05) is 24.5 Å². The summed E-state index contributed by atoms with van der Waals surface area (Å²) in [6.07, 6.45) is 11.2. The first-order chi connectivity index (χ1) is 32.4. The molecule has 0 radical (unpaired) electrons. The smallest absolute Gasteiger partial charge is 0.316 e. The molecule has 1 N–H and O–H groups in total. The van der Waals surface area contributed by atoms with Gasteiger partial charge in [0.1, 0.15) is 24.0 Å². The van der Waals surface area contributed by atoms with Crippen LogP contribution < -0.4 is 19.7 Å². The van der Waals surface area contributed by atoms with Crippen LogP contribution in [-0.2, 0) is 18.3 Å². The van der Waals surface area contributed by atoms with Gasteiger partial charge in [-0.15, -0.1) is 0 Å². The number of rotatable bonds is 8. The van der Waals surface area contributed by atoms with Gasteiger partial charge in [0.15, 0.2) is 5.71 Å². The van der Waals surface area contributed by atoms with E-state index in [2.05, 4.69) is 63.7 Å². The molecule has 3 fully saturated rings. The van der Waals surface area contributed by atoms with Gasteiger partial charge in [-0.25, -0.2) is 18.7 Å². The normalized spacial score (nSPS) is 24.7. The fourth-order valence-electron chi connectivity index (χ4n) is 12.1. The maximum atomic E-state index is 14.8. The number of fused-ring (bicyclic) bond motifs is 1. The molecule has 3 saturated carbocycles. The van der Waals surface area contributed by atoms with Crippen molar-refractivity contribution in [2.24, 2.45) is 28.4 Å². The topological polar surface area (TPSA) is 154 Å². The van der Waals surface area contributed by atoms with Gasteiger partial charge in [0, 0.05) is 103 Å². The summed E-state index contributed by atoms with van der Waals surface area (Å²) in [7, 11) is 1.78. The lowest BCUT2D eigenvalue weighted by Gasteiger charge is -2.63. The fraction of sp³-hybridized carbons (Fsp3) is 0.490. The third-order valence-corrected chi connectivity index (χ3v) is 15.8. The number of hydrazone groups is 1. The number of benzene rings is 2. The highest BCUT2D eigenvalue weighted by molar-refractivity contribution is 6.31. The van der Waals surface area contributed by atoms with Gasteiger partial charge in [-0.05, 0) is 79.3 Å². The van der Waals surface area contributed by atoms with Crippen LogP contribution >= 0.6 is 11.6 Å². The number of ether oxygens (including phenoxy) is 2. The second kappa shape index (κ2) is 17.1. The number of nitrogens with zero attached hydrogens (tertiary/aromatic N) is 9. The summed E-state index contributed by atoms with van der Waals surface area (Å²) in [5.74, 6) is 1.04. The van der Waals surface area contributed by atoms with E-state index in [1.165, 1.54) is 18.1 Å². The molecule has 3 aliphatic heterocycles. The number of nitriles is 1. The zero-order valence-corrected chi connectivity index (χ0v) is 40.0. The molecule has 0 unspecified atom stereocenters. The first kappa shape index (κ1) is 45.6. The Bertz CT molecular complexity index is 2830. The summed E-state index contributed by atoms with van der Waals surface area (Å²) in [6, 6.07) is 10.7. The first-order valence-corrected chi connectivity index (χ1v) is 23.9. The summed E-state index contributed by atoms with van der Waals surface area (Å²) in [6.45, 7) is 11.5. The second-order valence-electron chi connectivity index (χ2n) is 20.6. The van der Waals surface area contributed by atoms with E-state index in [4.69, 9.17) is 26.2 Å². The number of aryl methyl sites for hydroxylation is 2. The molecule has 4 aromatic rings. The minimum Gasteiger partial charge on any atom is -0.489 e. The van der Waals surface area contributed by atoms with Gasteiger partial charge in [0.25, 0.3) is 12.3 Å². The van der Waals surface area contributed by atoms with E-state index >= 15 is 0 Å². The molecule has 3 aliphatic carbocycles. The molecular formula is C51H56ClF2N10O4+. The van der Waals surface area contributed by atoms with E-state index in [9.17, 15) is 23.6 Å². The molecule has 2 amide bonds. The molecule has 354 valence electrons.